The number of aromatic nitrogens is 2. The van der Waals surface area contributed by atoms with Gasteiger partial charge >= 0.3 is 0 Å². The lowest BCUT2D eigenvalue weighted by molar-refractivity contribution is 0.306. The van der Waals surface area contributed by atoms with Crippen LogP contribution in [0.3, 0.4) is 0 Å². The molecule has 0 aromatic carbocycles. The summed E-state index contributed by atoms with van der Waals surface area (Å²) in [4.78, 5) is 0. The van der Waals surface area contributed by atoms with Crippen LogP contribution in [0.4, 0.5) is 0 Å². The Bertz CT molecular complexity index is 245. The Hall–Kier alpha value is -0.990. The molecule has 0 saturated carbocycles. The van der Waals surface area contributed by atoms with Crippen molar-refractivity contribution in [1.82, 2.24) is 9.78 Å². The second-order valence-electron chi connectivity index (χ2n) is 3.49. The molecule has 1 heterocycles. The van der Waals surface area contributed by atoms with Gasteiger partial charge in [-0.05, 0) is 12.8 Å². The molecule has 0 spiro atoms. The van der Waals surface area contributed by atoms with Gasteiger partial charge in [0, 0.05) is 6.54 Å². The van der Waals surface area contributed by atoms with E-state index in [1.54, 1.807) is 6.20 Å². The Morgan fingerprint density at radius 1 is 1.29 bits per heavy atom. The van der Waals surface area contributed by atoms with Crippen LogP contribution < -0.4 is 4.74 Å². The predicted molar refractivity (Wildman–Crippen MR) is 57.5 cm³/mol. The van der Waals surface area contributed by atoms with E-state index in [4.69, 9.17) is 4.74 Å². The normalized spacial score (nSPS) is 10.4. The van der Waals surface area contributed by atoms with Crippen LogP contribution in [0.15, 0.2) is 12.4 Å². The van der Waals surface area contributed by atoms with Crippen LogP contribution in [0.1, 0.15) is 39.5 Å². The second kappa shape index (κ2) is 6.46. The smallest absolute Gasteiger partial charge is 0.157 e. The Kier molecular flexibility index (Phi) is 5.12. The highest BCUT2D eigenvalue weighted by Crippen LogP contribution is 2.09. The van der Waals surface area contributed by atoms with Crippen LogP contribution >= 0.6 is 0 Å². The lowest BCUT2D eigenvalue weighted by Gasteiger charge is -2.01. The summed E-state index contributed by atoms with van der Waals surface area (Å²) in [6.45, 7) is 6.12. The molecule has 0 aliphatic rings. The molecule has 0 N–H and O–H groups in total. The number of hydrogen-bond donors (Lipinski definition) is 0. The number of hydrogen-bond acceptors (Lipinski definition) is 2. The van der Waals surface area contributed by atoms with Gasteiger partial charge in [-0.1, -0.05) is 26.7 Å². The fourth-order valence-electron chi connectivity index (χ4n) is 1.31. The second-order valence-corrected chi connectivity index (χ2v) is 3.49. The van der Waals surface area contributed by atoms with E-state index in [1.807, 2.05) is 10.9 Å². The van der Waals surface area contributed by atoms with Crippen LogP contribution in [0.25, 0.3) is 0 Å². The lowest BCUT2D eigenvalue weighted by Crippen LogP contribution is -1.97. The topological polar surface area (TPSA) is 27.1 Å². The van der Waals surface area contributed by atoms with Gasteiger partial charge < -0.3 is 4.74 Å². The van der Waals surface area contributed by atoms with E-state index in [1.165, 1.54) is 12.8 Å². The van der Waals surface area contributed by atoms with E-state index in [9.17, 15) is 0 Å². The minimum atomic E-state index is 0.811. The van der Waals surface area contributed by atoms with E-state index in [0.29, 0.717) is 0 Å². The molecule has 0 aliphatic heterocycles. The Morgan fingerprint density at radius 2 is 2.14 bits per heavy atom. The third-order valence-corrected chi connectivity index (χ3v) is 2.08. The van der Waals surface area contributed by atoms with Crippen molar-refractivity contribution < 1.29 is 4.74 Å². The zero-order valence-corrected chi connectivity index (χ0v) is 9.20. The first kappa shape index (κ1) is 11.1. The summed E-state index contributed by atoms with van der Waals surface area (Å²) < 4.78 is 7.48. The van der Waals surface area contributed by atoms with Crippen molar-refractivity contribution >= 4 is 0 Å². The van der Waals surface area contributed by atoms with Crippen molar-refractivity contribution in [2.75, 3.05) is 6.61 Å². The highest BCUT2D eigenvalue weighted by Gasteiger charge is 1.97. The summed E-state index contributed by atoms with van der Waals surface area (Å²) in [5.41, 5.74) is 0. The molecule has 3 nitrogen and oxygen atoms in total. The van der Waals surface area contributed by atoms with E-state index >= 15 is 0 Å². The molecule has 1 rings (SSSR count). The van der Waals surface area contributed by atoms with Crippen LogP contribution in [-0.4, -0.2) is 16.4 Å². The first-order valence-corrected chi connectivity index (χ1v) is 5.52. The maximum absolute atomic E-state index is 5.55. The molecule has 3 heteroatoms. The van der Waals surface area contributed by atoms with Crippen molar-refractivity contribution in [2.24, 2.45) is 0 Å². The highest BCUT2D eigenvalue weighted by atomic mass is 16.5. The number of ether oxygens (including phenoxy) is 1. The van der Waals surface area contributed by atoms with E-state index in [2.05, 4.69) is 18.9 Å². The van der Waals surface area contributed by atoms with E-state index < -0.39 is 0 Å². The molecule has 0 aliphatic carbocycles. The van der Waals surface area contributed by atoms with E-state index in [-0.39, 0.29) is 0 Å². The minimum Gasteiger partial charge on any atom is -0.490 e. The van der Waals surface area contributed by atoms with E-state index in [0.717, 1.165) is 31.7 Å². The average Bonchev–Trinajstić information content (AvgIpc) is 2.61. The van der Waals surface area contributed by atoms with Gasteiger partial charge in [-0.25, -0.2) is 0 Å². The predicted octanol–water partition coefficient (Wildman–Crippen LogP) is 2.86. The van der Waals surface area contributed by atoms with Crippen LogP contribution in [-0.2, 0) is 6.54 Å². The van der Waals surface area contributed by atoms with Crippen LogP contribution in [0.5, 0.6) is 5.75 Å². The van der Waals surface area contributed by atoms with Crippen LogP contribution in [0, 0.1) is 0 Å². The zero-order valence-electron chi connectivity index (χ0n) is 9.20. The molecule has 1 aromatic rings. The van der Waals surface area contributed by atoms with Crippen molar-refractivity contribution in [3.63, 3.8) is 0 Å². The number of rotatable bonds is 7. The summed E-state index contributed by atoms with van der Waals surface area (Å²) in [6, 6.07) is 0. The van der Waals surface area contributed by atoms with Crippen molar-refractivity contribution in [2.45, 2.75) is 46.1 Å². The molecule has 0 saturated heterocycles. The van der Waals surface area contributed by atoms with Gasteiger partial charge in [-0.15, -0.1) is 0 Å². The first-order chi connectivity index (χ1) is 6.86. The number of aryl methyl sites for hydroxylation is 1. The molecule has 80 valence electrons. The monoisotopic (exact) mass is 196 g/mol. The standard InChI is InChI=1S/C11H20N2O/c1-3-5-6-8-14-11-9-12-13(10-11)7-4-2/h9-10H,3-8H2,1-2H3. The SMILES string of the molecule is CCCCCOc1cnn(CCC)c1. The summed E-state index contributed by atoms with van der Waals surface area (Å²) in [5, 5.41) is 4.20. The van der Waals surface area contributed by atoms with Crippen LogP contribution in [0.2, 0.25) is 0 Å². The molecule has 14 heavy (non-hydrogen) atoms. The molecular weight excluding hydrogens is 176 g/mol. The summed E-state index contributed by atoms with van der Waals surface area (Å²) in [6.07, 6.45) is 8.48. The lowest BCUT2D eigenvalue weighted by atomic mass is 10.3. The van der Waals surface area contributed by atoms with Gasteiger partial charge in [-0.3, -0.25) is 4.68 Å². The molecule has 0 bridgehead atoms. The molecule has 0 radical (unpaired) electrons. The van der Waals surface area contributed by atoms with Gasteiger partial charge in [0.25, 0.3) is 0 Å². The highest BCUT2D eigenvalue weighted by molar-refractivity contribution is 5.11. The fraction of sp³-hybridized carbons (Fsp3) is 0.727. The molecule has 0 unspecified atom stereocenters. The van der Waals surface area contributed by atoms with Gasteiger partial charge in [0.05, 0.1) is 19.0 Å². The van der Waals surface area contributed by atoms with Gasteiger partial charge in [0.2, 0.25) is 0 Å². The van der Waals surface area contributed by atoms with Crippen molar-refractivity contribution in [3.05, 3.63) is 12.4 Å². The van der Waals surface area contributed by atoms with Gasteiger partial charge in [0.1, 0.15) is 0 Å². The first-order valence-electron chi connectivity index (χ1n) is 5.52. The summed E-state index contributed by atoms with van der Waals surface area (Å²) in [5.74, 6) is 0.898. The Morgan fingerprint density at radius 3 is 2.86 bits per heavy atom. The van der Waals surface area contributed by atoms with Gasteiger partial charge in [0.15, 0.2) is 5.75 Å². The maximum Gasteiger partial charge on any atom is 0.157 e. The van der Waals surface area contributed by atoms with Gasteiger partial charge in [-0.2, -0.15) is 5.10 Å². The zero-order chi connectivity index (χ0) is 10.2. The third kappa shape index (κ3) is 3.81. The van der Waals surface area contributed by atoms with Crippen molar-refractivity contribution in [3.8, 4) is 5.75 Å². The minimum absolute atomic E-state index is 0.811. The summed E-state index contributed by atoms with van der Waals surface area (Å²) in [7, 11) is 0. The van der Waals surface area contributed by atoms with Crippen molar-refractivity contribution in [1.29, 1.82) is 0 Å². The third-order valence-electron chi connectivity index (χ3n) is 2.08. The number of nitrogens with zero attached hydrogens (tertiary/aromatic N) is 2. The average molecular weight is 196 g/mol. The molecule has 0 atom stereocenters. The number of unbranched alkanes of at least 4 members (excludes halogenated alkanes) is 2. The molecular formula is C11H20N2O. The largest absolute Gasteiger partial charge is 0.490 e. The summed E-state index contributed by atoms with van der Waals surface area (Å²) >= 11 is 0. The quantitative estimate of drug-likeness (QED) is 0.627. The Labute approximate surface area is 86.1 Å². The molecule has 1 aromatic heterocycles. The Balaban J connectivity index is 2.22. The maximum atomic E-state index is 5.55. The molecule has 0 amide bonds. The fourth-order valence-corrected chi connectivity index (χ4v) is 1.31. The molecule has 0 fully saturated rings.